The number of ether oxygens (including phenoxy) is 1. The van der Waals surface area contributed by atoms with Gasteiger partial charge in [0.05, 0.1) is 0 Å². The first-order valence-corrected chi connectivity index (χ1v) is 7.65. The molecule has 1 N–H and O–H groups in total. The van der Waals surface area contributed by atoms with E-state index < -0.39 is 0 Å². The van der Waals surface area contributed by atoms with E-state index in [0.717, 1.165) is 24.0 Å². The molecule has 1 aromatic carbocycles. The fourth-order valence-electron chi connectivity index (χ4n) is 2.65. The standard InChI is InChI=1S/C16H19NO3S/c1-9(2)17-11-6-13(7-11)19-12-4-3-10-5-15(16(18)21)20-14(10)8-12/h3-5,8-9,11,13,17H,6-7H2,1-2H3,(H,18,21). The molecule has 1 aliphatic carbocycles. The Morgan fingerprint density at radius 1 is 1.38 bits per heavy atom. The molecule has 5 heteroatoms. The van der Waals surface area contributed by atoms with Gasteiger partial charge in [-0.15, -0.1) is 0 Å². The lowest BCUT2D eigenvalue weighted by Crippen LogP contribution is -2.49. The fraction of sp³-hybridized carbons (Fsp3) is 0.438. The molecule has 21 heavy (non-hydrogen) atoms. The monoisotopic (exact) mass is 305 g/mol. The van der Waals surface area contributed by atoms with Crippen LogP contribution in [0.15, 0.2) is 28.7 Å². The summed E-state index contributed by atoms with van der Waals surface area (Å²) in [6.45, 7) is 4.30. The Morgan fingerprint density at radius 3 is 2.81 bits per heavy atom. The molecule has 1 heterocycles. The molecule has 4 nitrogen and oxygen atoms in total. The van der Waals surface area contributed by atoms with Crippen molar-refractivity contribution in [2.75, 3.05) is 0 Å². The van der Waals surface area contributed by atoms with Crippen LogP contribution in [0.4, 0.5) is 0 Å². The van der Waals surface area contributed by atoms with Gasteiger partial charge in [-0.3, -0.25) is 4.79 Å². The van der Waals surface area contributed by atoms with Crippen molar-refractivity contribution in [3.63, 3.8) is 0 Å². The summed E-state index contributed by atoms with van der Waals surface area (Å²) in [6, 6.07) is 8.40. The predicted octanol–water partition coefficient (Wildman–Crippen LogP) is 3.41. The van der Waals surface area contributed by atoms with E-state index in [9.17, 15) is 4.79 Å². The summed E-state index contributed by atoms with van der Waals surface area (Å²) in [5.41, 5.74) is 0.654. The highest BCUT2D eigenvalue weighted by molar-refractivity contribution is 7.97. The van der Waals surface area contributed by atoms with Crippen LogP contribution in [-0.2, 0) is 0 Å². The third-order valence-electron chi connectivity index (χ3n) is 3.67. The molecule has 112 valence electrons. The maximum atomic E-state index is 11.2. The molecule has 0 unspecified atom stereocenters. The van der Waals surface area contributed by atoms with Crippen LogP contribution in [0.2, 0.25) is 0 Å². The van der Waals surface area contributed by atoms with E-state index in [1.165, 1.54) is 0 Å². The van der Waals surface area contributed by atoms with Gasteiger partial charge in [-0.25, -0.2) is 0 Å². The van der Waals surface area contributed by atoms with E-state index in [4.69, 9.17) is 9.15 Å². The SMILES string of the molecule is CC(C)NC1CC(Oc2ccc3cc(C(=O)S)oc3c2)C1. The van der Waals surface area contributed by atoms with Gasteiger partial charge in [-0.1, -0.05) is 26.5 Å². The second-order valence-corrected chi connectivity index (χ2v) is 6.25. The van der Waals surface area contributed by atoms with Crippen molar-refractivity contribution in [3.05, 3.63) is 30.0 Å². The van der Waals surface area contributed by atoms with Gasteiger partial charge < -0.3 is 14.5 Å². The van der Waals surface area contributed by atoms with Crippen molar-refractivity contribution in [1.82, 2.24) is 5.32 Å². The molecule has 0 atom stereocenters. The summed E-state index contributed by atoms with van der Waals surface area (Å²) in [4.78, 5) is 11.2. The molecule has 1 fully saturated rings. The van der Waals surface area contributed by atoms with E-state index >= 15 is 0 Å². The van der Waals surface area contributed by atoms with Gasteiger partial charge in [0, 0.05) is 23.5 Å². The zero-order valence-electron chi connectivity index (χ0n) is 12.1. The van der Waals surface area contributed by atoms with Crippen LogP contribution in [0.1, 0.15) is 37.2 Å². The molecule has 1 saturated carbocycles. The number of fused-ring (bicyclic) bond motifs is 1. The van der Waals surface area contributed by atoms with Crippen LogP contribution in [0, 0.1) is 0 Å². The average Bonchev–Trinajstić information content (AvgIpc) is 2.79. The largest absolute Gasteiger partial charge is 0.490 e. The quantitative estimate of drug-likeness (QED) is 0.831. The highest BCUT2D eigenvalue weighted by atomic mass is 32.1. The minimum Gasteiger partial charge on any atom is -0.490 e. The normalized spacial score (nSPS) is 21.5. The van der Waals surface area contributed by atoms with E-state index in [2.05, 4.69) is 31.8 Å². The van der Waals surface area contributed by atoms with Crippen molar-refractivity contribution in [2.24, 2.45) is 0 Å². The molecule has 2 aromatic rings. The van der Waals surface area contributed by atoms with Crippen molar-refractivity contribution in [3.8, 4) is 5.75 Å². The highest BCUT2D eigenvalue weighted by Gasteiger charge is 2.31. The summed E-state index contributed by atoms with van der Waals surface area (Å²) in [5, 5.41) is 4.01. The summed E-state index contributed by atoms with van der Waals surface area (Å²) >= 11 is 3.77. The molecule has 0 amide bonds. The lowest BCUT2D eigenvalue weighted by Gasteiger charge is -2.37. The molecule has 3 rings (SSSR count). The van der Waals surface area contributed by atoms with Gasteiger partial charge in [-0.2, -0.15) is 0 Å². The van der Waals surface area contributed by atoms with E-state index in [1.54, 1.807) is 6.07 Å². The lowest BCUT2D eigenvalue weighted by molar-refractivity contribution is 0.0815. The van der Waals surface area contributed by atoms with Crippen LogP contribution in [-0.4, -0.2) is 23.3 Å². The Morgan fingerprint density at radius 2 is 2.14 bits per heavy atom. The van der Waals surface area contributed by atoms with E-state index in [0.29, 0.717) is 17.7 Å². The van der Waals surface area contributed by atoms with Gasteiger partial charge in [0.2, 0.25) is 0 Å². The fourth-order valence-corrected chi connectivity index (χ4v) is 2.76. The zero-order chi connectivity index (χ0) is 15.0. The highest BCUT2D eigenvalue weighted by Crippen LogP contribution is 2.29. The number of hydrogen-bond donors (Lipinski definition) is 2. The Bertz CT molecular complexity index is 659. The minimum atomic E-state index is -0.365. The molecule has 1 aromatic heterocycles. The summed E-state index contributed by atoms with van der Waals surface area (Å²) < 4.78 is 11.4. The van der Waals surface area contributed by atoms with Gasteiger partial charge in [0.15, 0.2) is 5.76 Å². The summed E-state index contributed by atoms with van der Waals surface area (Å²) in [6.07, 6.45) is 2.29. The molecule has 1 aliphatic rings. The number of thiol groups is 1. The number of furan rings is 1. The van der Waals surface area contributed by atoms with Crippen LogP contribution in [0.5, 0.6) is 5.75 Å². The van der Waals surface area contributed by atoms with Gasteiger partial charge >= 0.3 is 0 Å². The number of hydrogen-bond acceptors (Lipinski definition) is 4. The Hall–Kier alpha value is -1.46. The number of nitrogens with one attached hydrogen (secondary N) is 1. The number of carbonyl (C=O) groups excluding carboxylic acids is 1. The van der Waals surface area contributed by atoms with Gasteiger partial charge in [-0.05, 0) is 31.0 Å². The molecule has 0 aliphatic heterocycles. The molecular formula is C16H19NO3S. The Balaban J connectivity index is 1.64. The van der Waals surface area contributed by atoms with Crippen molar-refractivity contribution in [2.45, 2.75) is 44.9 Å². The van der Waals surface area contributed by atoms with Crippen LogP contribution < -0.4 is 10.1 Å². The lowest BCUT2D eigenvalue weighted by atomic mass is 9.88. The second kappa shape index (κ2) is 5.73. The topological polar surface area (TPSA) is 51.5 Å². The van der Waals surface area contributed by atoms with Crippen molar-refractivity contribution < 1.29 is 13.9 Å². The minimum absolute atomic E-state index is 0.250. The Labute approximate surface area is 129 Å². The van der Waals surface area contributed by atoms with Crippen molar-refractivity contribution >= 4 is 28.7 Å². The van der Waals surface area contributed by atoms with Gasteiger partial charge in [0.1, 0.15) is 17.4 Å². The maximum absolute atomic E-state index is 11.2. The molecule has 0 bridgehead atoms. The number of carbonyl (C=O) groups is 1. The first kappa shape index (κ1) is 14.5. The third-order valence-corrected chi connectivity index (χ3v) is 3.89. The zero-order valence-corrected chi connectivity index (χ0v) is 13.0. The first-order chi connectivity index (χ1) is 10.0. The van der Waals surface area contributed by atoms with E-state index in [1.807, 2.05) is 18.2 Å². The van der Waals surface area contributed by atoms with Crippen LogP contribution in [0.3, 0.4) is 0 Å². The number of benzene rings is 1. The first-order valence-electron chi connectivity index (χ1n) is 7.21. The van der Waals surface area contributed by atoms with Crippen molar-refractivity contribution in [1.29, 1.82) is 0 Å². The second-order valence-electron chi connectivity index (χ2n) is 5.84. The molecule has 0 spiro atoms. The number of rotatable bonds is 5. The predicted molar refractivity (Wildman–Crippen MR) is 85.2 cm³/mol. The molecular weight excluding hydrogens is 286 g/mol. The van der Waals surface area contributed by atoms with Crippen LogP contribution >= 0.6 is 12.6 Å². The van der Waals surface area contributed by atoms with Gasteiger partial charge in [0.25, 0.3) is 5.12 Å². The summed E-state index contributed by atoms with van der Waals surface area (Å²) in [5.74, 6) is 1.04. The maximum Gasteiger partial charge on any atom is 0.251 e. The molecule has 0 saturated heterocycles. The summed E-state index contributed by atoms with van der Waals surface area (Å²) in [7, 11) is 0. The smallest absolute Gasteiger partial charge is 0.251 e. The third kappa shape index (κ3) is 3.24. The average molecular weight is 305 g/mol. The van der Waals surface area contributed by atoms with E-state index in [-0.39, 0.29) is 17.0 Å². The molecule has 0 radical (unpaired) electrons. The Kier molecular flexibility index (Phi) is 3.95. The van der Waals surface area contributed by atoms with Crippen LogP contribution in [0.25, 0.3) is 11.0 Å².